The number of nitrogens with one attached hydrogen (secondary N) is 1. The van der Waals surface area contributed by atoms with Gasteiger partial charge in [0.05, 0.1) is 5.56 Å². The summed E-state index contributed by atoms with van der Waals surface area (Å²) in [6.07, 6.45) is 3.51. The number of aromatic hydroxyl groups is 1. The van der Waals surface area contributed by atoms with Crippen LogP contribution in [0.15, 0.2) is 18.2 Å². The molecule has 1 aromatic carbocycles. The normalized spacial score (nSPS) is 16.9. The molecule has 1 aromatic rings. The van der Waals surface area contributed by atoms with Gasteiger partial charge in [0.2, 0.25) is 0 Å². The molecule has 2 rings (SSSR count). The molecule has 0 saturated carbocycles. The topological polar surface area (TPSA) is 52.6 Å². The molecule has 0 aliphatic carbocycles. The largest absolute Gasteiger partial charge is 0.507 e. The molecule has 4 heteroatoms. The average Bonchev–Trinajstić information content (AvgIpc) is 2.45. The fraction of sp³-hybridized carbons (Fsp3) is 0.588. The van der Waals surface area contributed by atoms with Crippen molar-refractivity contribution in [1.29, 1.82) is 0 Å². The lowest BCUT2D eigenvalue weighted by Crippen LogP contribution is -2.35. The van der Waals surface area contributed by atoms with E-state index in [4.69, 9.17) is 0 Å². The summed E-state index contributed by atoms with van der Waals surface area (Å²) < 4.78 is 0. The second kappa shape index (κ2) is 7.46. The Hall–Kier alpha value is -1.55. The van der Waals surface area contributed by atoms with E-state index < -0.39 is 0 Å². The molecule has 0 atom stereocenters. The molecular weight excluding hydrogens is 264 g/mol. The standard InChI is InChI=1S/C17H26N2O2/c1-13-6-10-19(11-7-13)9-3-8-18-17(21)15-5-4-14(2)12-16(15)20/h4-5,12-13,20H,3,6-11H2,1-2H3,(H,18,21). The number of benzene rings is 1. The van der Waals surface area contributed by atoms with Crippen molar-refractivity contribution < 1.29 is 9.90 Å². The van der Waals surface area contributed by atoms with Gasteiger partial charge in [-0.3, -0.25) is 4.79 Å². The third-order valence-electron chi connectivity index (χ3n) is 4.21. The van der Waals surface area contributed by atoms with Crippen LogP contribution >= 0.6 is 0 Å². The van der Waals surface area contributed by atoms with Gasteiger partial charge < -0.3 is 15.3 Å². The number of amides is 1. The average molecular weight is 290 g/mol. The first-order chi connectivity index (χ1) is 10.1. The van der Waals surface area contributed by atoms with Crippen molar-refractivity contribution in [2.45, 2.75) is 33.1 Å². The van der Waals surface area contributed by atoms with E-state index >= 15 is 0 Å². The van der Waals surface area contributed by atoms with E-state index in [0.717, 1.165) is 24.4 Å². The van der Waals surface area contributed by atoms with Crippen LogP contribution in [0.5, 0.6) is 5.75 Å². The lowest BCUT2D eigenvalue weighted by Gasteiger charge is -2.30. The van der Waals surface area contributed by atoms with Crippen LogP contribution < -0.4 is 5.32 Å². The molecule has 1 aliphatic rings. The Labute approximate surface area is 127 Å². The Morgan fingerprint density at radius 2 is 2.10 bits per heavy atom. The lowest BCUT2D eigenvalue weighted by atomic mass is 9.99. The van der Waals surface area contributed by atoms with Crippen molar-refractivity contribution in [3.63, 3.8) is 0 Å². The molecule has 0 radical (unpaired) electrons. The monoisotopic (exact) mass is 290 g/mol. The zero-order chi connectivity index (χ0) is 15.2. The molecular formula is C17H26N2O2. The Morgan fingerprint density at radius 3 is 2.76 bits per heavy atom. The molecule has 0 bridgehead atoms. The number of carbonyl (C=O) groups excluding carboxylic acids is 1. The van der Waals surface area contributed by atoms with E-state index in [0.29, 0.717) is 12.1 Å². The Balaban J connectivity index is 1.69. The van der Waals surface area contributed by atoms with E-state index in [2.05, 4.69) is 17.1 Å². The zero-order valence-electron chi connectivity index (χ0n) is 13.1. The fourth-order valence-corrected chi connectivity index (χ4v) is 2.72. The summed E-state index contributed by atoms with van der Waals surface area (Å²) in [5.41, 5.74) is 1.30. The quantitative estimate of drug-likeness (QED) is 0.819. The van der Waals surface area contributed by atoms with E-state index in [9.17, 15) is 9.90 Å². The Morgan fingerprint density at radius 1 is 1.38 bits per heavy atom. The third kappa shape index (κ3) is 4.74. The maximum atomic E-state index is 12.0. The summed E-state index contributed by atoms with van der Waals surface area (Å²) in [6, 6.07) is 5.12. The predicted octanol–water partition coefficient (Wildman–Crippen LogP) is 2.55. The molecule has 116 valence electrons. The second-order valence-corrected chi connectivity index (χ2v) is 6.15. The number of nitrogens with zero attached hydrogens (tertiary/aromatic N) is 1. The number of likely N-dealkylation sites (tertiary alicyclic amines) is 1. The minimum atomic E-state index is -0.195. The highest BCUT2D eigenvalue weighted by atomic mass is 16.3. The van der Waals surface area contributed by atoms with Crippen molar-refractivity contribution >= 4 is 5.91 Å². The molecule has 2 N–H and O–H groups in total. The van der Waals surface area contributed by atoms with Gasteiger partial charge in [-0.25, -0.2) is 0 Å². The SMILES string of the molecule is Cc1ccc(C(=O)NCCCN2CCC(C)CC2)c(O)c1. The number of rotatable bonds is 5. The molecule has 0 unspecified atom stereocenters. The second-order valence-electron chi connectivity index (χ2n) is 6.15. The number of hydrogen-bond acceptors (Lipinski definition) is 3. The number of carbonyl (C=O) groups is 1. The van der Waals surface area contributed by atoms with Gasteiger partial charge in [0.1, 0.15) is 5.75 Å². The number of piperidine rings is 1. The van der Waals surface area contributed by atoms with Gasteiger partial charge >= 0.3 is 0 Å². The molecule has 1 heterocycles. The summed E-state index contributed by atoms with van der Waals surface area (Å²) in [7, 11) is 0. The molecule has 4 nitrogen and oxygen atoms in total. The van der Waals surface area contributed by atoms with Crippen molar-refractivity contribution in [2.75, 3.05) is 26.2 Å². The third-order valence-corrected chi connectivity index (χ3v) is 4.21. The first-order valence-electron chi connectivity index (χ1n) is 7.86. The van der Waals surface area contributed by atoms with Crippen LogP contribution in [0.1, 0.15) is 42.1 Å². The molecule has 1 aliphatic heterocycles. The Kier molecular flexibility index (Phi) is 5.62. The maximum absolute atomic E-state index is 12.0. The summed E-state index contributed by atoms with van der Waals surface area (Å²) in [5.74, 6) is 0.711. The maximum Gasteiger partial charge on any atom is 0.255 e. The minimum Gasteiger partial charge on any atom is -0.507 e. The van der Waals surface area contributed by atoms with Crippen molar-refractivity contribution in [1.82, 2.24) is 10.2 Å². The first-order valence-corrected chi connectivity index (χ1v) is 7.86. The van der Waals surface area contributed by atoms with E-state index in [1.165, 1.54) is 25.9 Å². The van der Waals surface area contributed by atoms with Crippen LogP contribution in [0, 0.1) is 12.8 Å². The zero-order valence-corrected chi connectivity index (χ0v) is 13.1. The number of phenols is 1. The van der Waals surface area contributed by atoms with Gasteiger partial charge in [-0.1, -0.05) is 13.0 Å². The fourth-order valence-electron chi connectivity index (χ4n) is 2.72. The van der Waals surface area contributed by atoms with Gasteiger partial charge in [-0.15, -0.1) is 0 Å². The molecule has 1 saturated heterocycles. The molecule has 21 heavy (non-hydrogen) atoms. The summed E-state index contributed by atoms with van der Waals surface area (Å²) in [6.45, 7) is 8.24. The van der Waals surface area contributed by atoms with Crippen LogP contribution in [0.2, 0.25) is 0 Å². The molecule has 0 spiro atoms. The number of phenolic OH excluding ortho intramolecular Hbond substituents is 1. The van der Waals surface area contributed by atoms with E-state index in [1.807, 2.05) is 13.0 Å². The molecule has 1 amide bonds. The smallest absolute Gasteiger partial charge is 0.255 e. The van der Waals surface area contributed by atoms with Crippen LogP contribution in [0.4, 0.5) is 0 Å². The van der Waals surface area contributed by atoms with Gasteiger partial charge in [0.15, 0.2) is 0 Å². The van der Waals surface area contributed by atoms with E-state index in [-0.39, 0.29) is 11.7 Å². The van der Waals surface area contributed by atoms with Crippen molar-refractivity contribution in [2.24, 2.45) is 5.92 Å². The molecule has 1 fully saturated rings. The number of aryl methyl sites for hydroxylation is 1. The predicted molar refractivity (Wildman–Crippen MR) is 84.6 cm³/mol. The Bertz CT molecular complexity index is 480. The summed E-state index contributed by atoms with van der Waals surface area (Å²) >= 11 is 0. The van der Waals surface area contributed by atoms with Crippen molar-refractivity contribution in [3.05, 3.63) is 29.3 Å². The van der Waals surface area contributed by atoms with Gasteiger partial charge in [0.25, 0.3) is 5.91 Å². The molecule has 0 aromatic heterocycles. The van der Waals surface area contributed by atoms with Crippen molar-refractivity contribution in [3.8, 4) is 5.75 Å². The van der Waals surface area contributed by atoms with Crippen LogP contribution in [-0.4, -0.2) is 42.1 Å². The van der Waals surface area contributed by atoms with Gasteiger partial charge in [0, 0.05) is 6.54 Å². The number of hydrogen-bond donors (Lipinski definition) is 2. The summed E-state index contributed by atoms with van der Waals surface area (Å²) in [4.78, 5) is 14.5. The lowest BCUT2D eigenvalue weighted by molar-refractivity contribution is 0.0948. The van der Waals surface area contributed by atoms with Crippen LogP contribution in [-0.2, 0) is 0 Å². The van der Waals surface area contributed by atoms with Crippen LogP contribution in [0.25, 0.3) is 0 Å². The van der Waals surface area contributed by atoms with Gasteiger partial charge in [-0.2, -0.15) is 0 Å². The highest BCUT2D eigenvalue weighted by Gasteiger charge is 2.15. The summed E-state index contributed by atoms with van der Waals surface area (Å²) in [5, 5.41) is 12.7. The highest BCUT2D eigenvalue weighted by Crippen LogP contribution is 2.18. The first kappa shape index (κ1) is 15.8. The minimum absolute atomic E-state index is 0.0533. The van der Waals surface area contributed by atoms with E-state index in [1.54, 1.807) is 12.1 Å². The van der Waals surface area contributed by atoms with Gasteiger partial charge in [-0.05, 0) is 69.4 Å². The van der Waals surface area contributed by atoms with Crippen LogP contribution in [0.3, 0.4) is 0 Å². The highest BCUT2D eigenvalue weighted by molar-refractivity contribution is 5.96.